The van der Waals surface area contributed by atoms with Crippen molar-refractivity contribution in [3.63, 3.8) is 0 Å². The Morgan fingerprint density at radius 2 is 1.44 bits per heavy atom. The molecule has 0 aliphatic carbocycles. The molecule has 0 amide bonds. The van der Waals surface area contributed by atoms with E-state index in [1.165, 1.54) is 11.1 Å². The van der Waals surface area contributed by atoms with Crippen molar-refractivity contribution in [1.82, 2.24) is 4.90 Å². The fourth-order valence-electron chi connectivity index (χ4n) is 1.81. The smallest absolute Gasteiger partial charge is 0.290 e. The van der Waals surface area contributed by atoms with Crippen LogP contribution in [0.2, 0.25) is 0 Å². The van der Waals surface area contributed by atoms with Crippen LogP contribution in [-0.2, 0) is 22.7 Å². The van der Waals surface area contributed by atoms with Crippen molar-refractivity contribution in [2.45, 2.75) is 39.4 Å². The van der Waals surface area contributed by atoms with Gasteiger partial charge in [0, 0.05) is 18.6 Å². The van der Waals surface area contributed by atoms with Gasteiger partial charge in [-0.1, -0.05) is 24.3 Å². The van der Waals surface area contributed by atoms with E-state index in [1.807, 2.05) is 0 Å². The third-order valence-corrected chi connectivity index (χ3v) is 2.79. The molecule has 0 atom stereocenters. The summed E-state index contributed by atoms with van der Waals surface area (Å²) in [6, 6.07) is 8.73. The molecule has 0 saturated heterocycles. The first-order valence-electron chi connectivity index (χ1n) is 5.30. The molecule has 0 saturated carbocycles. The van der Waals surface area contributed by atoms with Gasteiger partial charge in [0.25, 0.3) is 0 Å². The maximum absolute atomic E-state index is 8.12. The van der Waals surface area contributed by atoms with Gasteiger partial charge in [0.05, 0.1) is 0 Å². The molecule has 0 aromatic heterocycles. The van der Waals surface area contributed by atoms with Gasteiger partial charge in [-0.05, 0) is 31.9 Å². The van der Waals surface area contributed by atoms with Gasteiger partial charge in [-0.15, -0.1) is 0 Å². The van der Waals surface area contributed by atoms with E-state index in [2.05, 4.69) is 49.9 Å². The second-order valence-corrected chi connectivity index (χ2v) is 4.88. The van der Waals surface area contributed by atoms with E-state index in [-0.39, 0.29) is 6.15 Å². The zero-order valence-electron chi connectivity index (χ0n) is 9.99. The van der Waals surface area contributed by atoms with E-state index in [4.69, 9.17) is 9.59 Å². The van der Waals surface area contributed by atoms with E-state index >= 15 is 0 Å². The zero-order valence-corrected chi connectivity index (χ0v) is 9.99. The van der Waals surface area contributed by atoms with Crippen LogP contribution in [0.15, 0.2) is 24.3 Å². The first kappa shape index (κ1) is 12.6. The third-order valence-electron chi connectivity index (χ3n) is 2.79. The average molecular weight is 219 g/mol. The minimum Gasteiger partial charge on any atom is -0.290 e. The Morgan fingerprint density at radius 1 is 1.06 bits per heavy atom. The Morgan fingerprint density at radius 3 is 1.75 bits per heavy atom. The minimum atomic E-state index is 0.250. The van der Waals surface area contributed by atoms with Crippen LogP contribution >= 0.6 is 0 Å². The van der Waals surface area contributed by atoms with E-state index in [9.17, 15) is 0 Å². The Kier molecular flexibility index (Phi) is 3.99. The van der Waals surface area contributed by atoms with Gasteiger partial charge in [0.1, 0.15) is 0 Å². The standard InChI is InChI=1S/C12H17N.CO2/c1-12(2,3)13-8-10-6-4-5-7-11(10)9-13;2-1-3/h4-7H,8-9H2,1-3H3;. The van der Waals surface area contributed by atoms with Gasteiger partial charge in [0.2, 0.25) is 0 Å². The summed E-state index contributed by atoms with van der Waals surface area (Å²) >= 11 is 0. The number of rotatable bonds is 0. The topological polar surface area (TPSA) is 37.4 Å². The minimum absolute atomic E-state index is 0.250. The van der Waals surface area contributed by atoms with Crippen molar-refractivity contribution in [3.05, 3.63) is 35.4 Å². The fourth-order valence-corrected chi connectivity index (χ4v) is 1.81. The van der Waals surface area contributed by atoms with Crippen molar-refractivity contribution >= 4 is 6.15 Å². The number of benzene rings is 1. The van der Waals surface area contributed by atoms with Crippen molar-refractivity contribution in [3.8, 4) is 0 Å². The number of hydrogen-bond donors (Lipinski definition) is 0. The highest BCUT2D eigenvalue weighted by molar-refractivity contribution is 5.30. The normalized spacial score (nSPS) is 14.7. The Balaban J connectivity index is 0.000000386. The largest absolute Gasteiger partial charge is 0.373 e. The van der Waals surface area contributed by atoms with Crippen molar-refractivity contribution in [2.75, 3.05) is 0 Å². The summed E-state index contributed by atoms with van der Waals surface area (Å²) in [6.07, 6.45) is 0.250. The van der Waals surface area contributed by atoms with Crippen LogP contribution in [0, 0.1) is 0 Å². The molecule has 2 rings (SSSR count). The van der Waals surface area contributed by atoms with Crippen LogP contribution in [0.1, 0.15) is 31.9 Å². The summed E-state index contributed by atoms with van der Waals surface area (Å²) in [6.45, 7) is 9.05. The molecule has 1 heterocycles. The molecule has 3 nitrogen and oxygen atoms in total. The highest BCUT2D eigenvalue weighted by Gasteiger charge is 2.27. The first-order chi connectivity index (χ1) is 7.49. The predicted molar refractivity (Wildman–Crippen MR) is 60.4 cm³/mol. The SMILES string of the molecule is CC(C)(C)N1Cc2ccccc2C1.O=C=O. The van der Waals surface area contributed by atoms with Crippen molar-refractivity contribution < 1.29 is 9.59 Å². The average Bonchev–Trinajstić information content (AvgIpc) is 2.61. The fraction of sp³-hybridized carbons (Fsp3) is 0.462. The molecule has 16 heavy (non-hydrogen) atoms. The quantitative estimate of drug-likeness (QED) is 0.671. The van der Waals surface area contributed by atoms with E-state index < -0.39 is 0 Å². The number of fused-ring (bicyclic) bond motifs is 1. The lowest BCUT2D eigenvalue weighted by Crippen LogP contribution is -2.36. The molecule has 3 heteroatoms. The van der Waals surface area contributed by atoms with Crippen LogP contribution in [0.5, 0.6) is 0 Å². The molecule has 0 fully saturated rings. The first-order valence-corrected chi connectivity index (χ1v) is 5.30. The summed E-state index contributed by atoms with van der Waals surface area (Å²) in [5.74, 6) is 0. The molecular weight excluding hydrogens is 202 g/mol. The van der Waals surface area contributed by atoms with Gasteiger partial charge in [-0.2, -0.15) is 9.59 Å². The molecular formula is C13H17NO2. The molecule has 1 aromatic rings. The maximum Gasteiger partial charge on any atom is 0.373 e. The number of hydrogen-bond acceptors (Lipinski definition) is 3. The summed E-state index contributed by atoms with van der Waals surface area (Å²) < 4.78 is 0. The lowest BCUT2D eigenvalue weighted by Gasteiger charge is -2.31. The molecule has 0 radical (unpaired) electrons. The zero-order chi connectivity index (χ0) is 12.2. The highest BCUT2D eigenvalue weighted by atomic mass is 16.2. The molecule has 0 N–H and O–H groups in total. The molecule has 1 aromatic carbocycles. The second kappa shape index (κ2) is 5.06. The van der Waals surface area contributed by atoms with Crippen molar-refractivity contribution in [2.24, 2.45) is 0 Å². The highest BCUT2D eigenvalue weighted by Crippen LogP contribution is 2.28. The van der Waals surface area contributed by atoms with Gasteiger partial charge in [0.15, 0.2) is 0 Å². The summed E-state index contributed by atoms with van der Waals surface area (Å²) in [7, 11) is 0. The van der Waals surface area contributed by atoms with Gasteiger partial charge in [-0.25, -0.2) is 0 Å². The second-order valence-electron chi connectivity index (χ2n) is 4.88. The van der Waals surface area contributed by atoms with Gasteiger partial charge in [-0.3, -0.25) is 4.90 Å². The Labute approximate surface area is 96.1 Å². The summed E-state index contributed by atoms with van der Waals surface area (Å²) in [5, 5.41) is 0. The van der Waals surface area contributed by atoms with Crippen LogP contribution in [0.3, 0.4) is 0 Å². The van der Waals surface area contributed by atoms with E-state index in [0.29, 0.717) is 5.54 Å². The number of nitrogens with zero attached hydrogens (tertiary/aromatic N) is 1. The van der Waals surface area contributed by atoms with Crippen LogP contribution in [0.25, 0.3) is 0 Å². The lowest BCUT2D eigenvalue weighted by molar-refractivity contribution is -0.191. The molecule has 1 aliphatic heterocycles. The van der Waals surface area contributed by atoms with Gasteiger partial charge >= 0.3 is 6.15 Å². The molecule has 0 unspecified atom stereocenters. The maximum atomic E-state index is 8.12. The van der Waals surface area contributed by atoms with Crippen LogP contribution in [0.4, 0.5) is 0 Å². The molecule has 0 spiro atoms. The third kappa shape index (κ3) is 3.02. The van der Waals surface area contributed by atoms with Gasteiger partial charge < -0.3 is 0 Å². The van der Waals surface area contributed by atoms with Crippen molar-refractivity contribution in [1.29, 1.82) is 0 Å². The molecule has 0 bridgehead atoms. The number of carbonyl (C=O) groups excluding carboxylic acids is 2. The Hall–Kier alpha value is -1.44. The lowest BCUT2D eigenvalue weighted by atomic mass is 10.1. The monoisotopic (exact) mass is 219 g/mol. The van der Waals surface area contributed by atoms with E-state index in [0.717, 1.165) is 13.1 Å². The predicted octanol–water partition coefficient (Wildman–Crippen LogP) is 2.22. The summed E-state index contributed by atoms with van der Waals surface area (Å²) in [5.41, 5.74) is 3.29. The molecule has 86 valence electrons. The molecule has 1 aliphatic rings. The Bertz CT molecular complexity index is 362. The summed E-state index contributed by atoms with van der Waals surface area (Å²) in [4.78, 5) is 18.8. The van der Waals surface area contributed by atoms with Crippen LogP contribution in [-0.4, -0.2) is 16.6 Å². The van der Waals surface area contributed by atoms with E-state index in [1.54, 1.807) is 0 Å². The van der Waals surface area contributed by atoms with Crippen LogP contribution < -0.4 is 0 Å².